The Morgan fingerprint density at radius 3 is 2.19 bits per heavy atom. The molecule has 0 N–H and O–H groups in total. The molecule has 32 heavy (non-hydrogen) atoms. The first-order valence-corrected chi connectivity index (χ1v) is 14.5. The second-order valence-electron chi connectivity index (χ2n) is 10.9. The minimum absolute atomic E-state index is 0.0684. The third kappa shape index (κ3) is 5.51. The predicted octanol–water partition coefficient (Wildman–Crippen LogP) is 4.20. The maximum atomic E-state index is 13.2. The van der Waals surface area contributed by atoms with Crippen LogP contribution in [0.4, 0.5) is 0 Å². The zero-order valence-corrected chi connectivity index (χ0v) is 22.0. The minimum Gasteiger partial charge on any atom is -0.463 e. The number of ether oxygens (including phenoxy) is 3. The molecule has 2 bridgehead atoms. The monoisotopic (exact) mass is 468 g/mol. The highest BCUT2D eigenvalue weighted by Gasteiger charge is 2.65. The second kappa shape index (κ2) is 9.77. The average Bonchev–Trinajstić information content (AvgIpc) is 2.91. The van der Waals surface area contributed by atoms with E-state index in [1.807, 2.05) is 0 Å². The number of hydrogen-bond donors (Lipinski definition) is 0. The van der Waals surface area contributed by atoms with E-state index in [1.54, 1.807) is 33.8 Å². The van der Waals surface area contributed by atoms with Crippen molar-refractivity contribution in [3.05, 3.63) is 12.2 Å². The molecular weight excluding hydrogens is 428 g/mol. The molecule has 0 aromatic rings. The van der Waals surface area contributed by atoms with Gasteiger partial charge in [-0.25, -0.2) is 0 Å². The minimum atomic E-state index is -1.95. The molecule has 2 rings (SSSR count). The van der Waals surface area contributed by atoms with Crippen molar-refractivity contribution >= 4 is 26.0 Å². The van der Waals surface area contributed by atoms with Gasteiger partial charge in [0.2, 0.25) is 0 Å². The Morgan fingerprint density at radius 2 is 1.66 bits per heavy atom. The Morgan fingerprint density at radius 1 is 1.09 bits per heavy atom. The average molecular weight is 469 g/mol. The Hall–Kier alpha value is -1.51. The third-order valence-electron chi connectivity index (χ3n) is 6.61. The van der Waals surface area contributed by atoms with E-state index in [4.69, 9.17) is 18.6 Å². The van der Waals surface area contributed by atoms with Crippen LogP contribution in [0.3, 0.4) is 0 Å². The van der Waals surface area contributed by atoms with Crippen molar-refractivity contribution in [1.82, 2.24) is 0 Å². The van der Waals surface area contributed by atoms with Crippen molar-refractivity contribution in [2.75, 3.05) is 6.61 Å². The fourth-order valence-corrected chi connectivity index (χ4v) is 5.09. The maximum Gasteiger partial charge on any atom is 0.313 e. The van der Waals surface area contributed by atoms with E-state index in [0.29, 0.717) is 13.0 Å². The van der Waals surface area contributed by atoms with Crippen LogP contribution in [0.2, 0.25) is 18.1 Å². The van der Waals surface area contributed by atoms with Crippen molar-refractivity contribution in [2.45, 2.75) is 103 Å². The van der Waals surface area contributed by atoms with Gasteiger partial charge in [0.25, 0.3) is 0 Å². The molecule has 7 nitrogen and oxygen atoms in total. The van der Waals surface area contributed by atoms with Crippen molar-refractivity contribution in [3.8, 4) is 0 Å². The van der Waals surface area contributed by atoms with Gasteiger partial charge >= 0.3 is 11.9 Å². The number of fused-ring (bicyclic) bond motifs is 2. The summed E-state index contributed by atoms with van der Waals surface area (Å²) in [7, 11) is -1.95. The van der Waals surface area contributed by atoms with Crippen LogP contribution in [-0.4, -0.2) is 56.6 Å². The van der Waals surface area contributed by atoms with Gasteiger partial charge < -0.3 is 18.6 Å². The van der Waals surface area contributed by atoms with Gasteiger partial charge in [-0.2, -0.15) is 0 Å². The standard InChI is InChI=1S/C24H40O7Si/c1-15(2)29-21(26)19-17-11-12-18(25)24(31-17,20(19)22(27)30-16(3)4)13-10-14-28-32(8,9)23(5,6)7/h11-12,15-17,19-20H,10,13-14H2,1-9H3/t17-,19+,20+,24+/m0/s1. The highest BCUT2D eigenvalue weighted by Crippen LogP contribution is 2.49. The molecule has 1 fully saturated rings. The summed E-state index contributed by atoms with van der Waals surface area (Å²) in [5.74, 6) is -3.44. The van der Waals surface area contributed by atoms with Crippen molar-refractivity contribution in [1.29, 1.82) is 0 Å². The van der Waals surface area contributed by atoms with E-state index in [-0.39, 0.29) is 29.5 Å². The van der Waals surface area contributed by atoms with Crippen LogP contribution in [-0.2, 0) is 33.0 Å². The van der Waals surface area contributed by atoms with Gasteiger partial charge in [-0.05, 0) is 64.7 Å². The molecular formula is C24H40O7Si. The summed E-state index contributed by atoms with van der Waals surface area (Å²) in [6, 6.07) is 0. The zero-order valence-electron chi connectivity index (χ0n) is 21.0. The first-order chi connectivity index (χ1) is 14.6. The quantitative estimate of drug-likeness (QED) is 0.285. The number of ketones is 1. The molecule has 0 radical (unpaired) electrons. The lowest BCUT2D eigenvalue weighted by Gasteiger charge is -2.37. The number of rotatable bonds is 9. The molecule has 2 heterocycles. The summed E-state index contributed by atoms with van der Waals surface area (Å²) in [6.45, 7) is 18.3. The molecule has 0 amide bonds. The normalized spacial score (nSPS) is 27.8. The summed E-state index contributed by atoms with van der Waals surface area (Å²) in [5, 5.41) is 0.0684. The van der Waals surface area contributed by atoms with Gasteiger partial charge in [-0.15, -0.1) is 0 Å². The lowest BCUT2D eigenvalue weighted by molar-refractivity contribution is -0.169. The van der Waals surface area contributed by atoms with E-state index in [9.17, 15) is 14.4 Å². The van der Waals surface area contributed by atoms with Crippen LogP contribution in [0.5, 0.6) is 0 Å². The van der Waals surface area contributed by atoms with Gasteiger partial charge in [-0.1, -0.05) is 26.8 Å². The van der Waals surface area contributed by atoms with Crippen LogP contribution in [0.15, 0.2) is 12.2 Å². The first kappa shape index (κ1) is 26.7. The van der Waals surface area contributed by atoms with Crippen LogP contribution >= 0.6 is 0 Å². The molecule has 4 atom stereocenters. The van der Waals surface area contributed by atoms with Crippen LogP contribution in [0.1, 0.15) is 61.3 Å². The smallest absolute Gasteiger partial charge is 0.313 e. The Kier molecular flexibility index (Phi) is 8.16. The Balaban J connectivity index is 2.29. The largest absolute Gasteiger partial charge is 0.463 e. The fraction of sp³-hybridized carbons (Fsp3) is 0.792. The molecule has 2 aliphatic heterocycles. The number of esters is 2. The molecule has 0 spiro atoms. The van der Waals surface area contributed by atoms with Gasteiger partial charge in [0.1, 0.15) is 17.4 Å². The van der Waals surface area contributed by atoms with Gasteiger partial charge in [-0.3, -0.25) is 14.4 Å². The molecule has 1 saturated heterocycles. The summed E-state index contributed by atoms with van der Waals surface area (Å²) in [6.07, 6.45) is 2.35. The number of carbonyl (C=O) groups excluding carboxylic acids is 3. The summed E-state index contributed by atoms with van der Waals surface area (Å²) < 4.78 is 23.3. The van der Waals surface area contributed by atoms with Crippen molar-refractivity contribution in [2.24, 2.45) is 11.8 Å². The Labute approximate surface area is 193 Å². The highest BCUT2D eigenvalue weighted by atomic mass is 28.4. The molecule has 0 aromatic heterocycles. The van der Waals surface area contributed by atoms with Crippen LogP contribution in [0, 0.1) is 11.8 Å². The zero-order chi connectivity index (χ0) is 24.5. The van der Waals surface area contributed by atoms with E-state index < -0.39 is 43.8 Å². The summed E-state index contributed by atoms with van der Waals surface area (Å²) in [5.41, 5.74) is -1.44. The van der Waals surface area contributed by atoms with Gasteiger partial charge in [0.15, 0.2) is 14.1 Å². The lowest BCUT2D eigenvalue weighted by Crippen LogP contribution is -2.50. The maximum absolute atomic E-state index is 13.2. The summed E-state index contributed by atoms with van der Waals surface area (Å²) in [4.78, 5) is 39.2. The molecule has 2 aliphatic rings. The second-order valence-corrected chi connectivity index (χ2v) is 15.7. The molecule has 0 saturated carbocycles. The van der Waals surface area contributed by atoms with Crippen LogP contribution < -0.4 is 0 Å². The third-order valence-corrected chi connectivity index (χ3v) is 11.1. The van der Waals surface area contributed by atoms with Gasteiger partial charge in [0, 0.05) is 6.61 Å². The molecule has 0 aromatic carbocycles. The molecule has 8 heteroatoms. The first-order valence-electron chi connectivity index (χ1n) is 11.6. The van der Waals surface area contributed by atoms with Crippen LogP contribution in [0.25, 0.3) is 0 Å². The number of hydrogen-bond acceptors (Lipinski definition) is 7. The molecule has 182 valence electrons. The highest BCUT2D eigenvalue weighted by molar-refractivity contribution is 6.74. The van der Waals surface area contributed by atoms with E-state index in [2.05, 4.69) is 33.9 Å². The molecule has 0 aliphatic carbocycles. The van der Waals surface area contributed by atoms with Crippen molar-refractivity contribution in [3.63, 3.8) is 0 Å². The topological polar surface area (TPSA) is 88.1 Å². The van der Waals surface area contributed by atoms with E-state index in [1.165, 1.54) is 6.08 Å². The van der Waals surface area contributed by atoms with Crippen molar-refractivity contribution < 1.29 is 33.0 Å². The lowest BCUT2D eigenvalue weighted by atomic mass is 9.76. The van der Waals surface area contributed by atoms with Gasteiger partial charge in [0.05, 0.1) is 18.3 Å². The molecule has 0 unspecified atom stereocenters. The predicted molar refractivity (Wildman–Crippen MR) is 124 cm³/mol. The SMILES string of the molecule is CC(C)OC(=O)[C@@H]1[C@@H]2C=CC(=O)[C@@](CCCO[Si](C)(C)C(C)(C)C)(O2)[C@H]1C(=O)OC(C)C. The number of carbonyl (C=O) groups is 3. The van der Waals surface area contributed by atoms with E-state index >= 15 is 0 Å². The van der Waals surface area contributed by atoms with E-state index in [0.717, 1.165) is 0 Å². The summed E-state index contributed by atoms with van der Waals surface area (Å²) >= 11 is 0. The Bertz CT molecular complexity index is 750. The fourth-order valence-electron chi connectivity index (χ4n) is 4.00.